The molecule has 0 heterocycles. The Hall–Kier alpha value is -0.630. The lowest BCUT2D eigenvalue weighted by Crippen LogP contribution is -2.54. The normalized spacial score (nSPS) is 55.7. The number of carbonyl (C=O) groups excluding carboxylic acids is 1. The Bertz CT molecular complexity index is 564. The van der Waals surface area contributed by atoms with Gasteiger partial charge in [0.2, 0.25) is 0 Å². The molecule has 0 aromatic carbocycles. The first-order valence-electron chi connectivity index (χ1n) is 9.70. The van der Waals surface area contributed by atoms with E-state index in [-0.39, 0.29) is 22.9 Å². The molecule has 2 nitrogen and oxygen atoms in total. The molecule has 0 bridgehead atoms. The molecule has 0 spiro atoms. The summed E-state index contributed by atoms with van der Waals surface area (Å²) in [7, 11) is 0. The average molecular weight is 316 g/mol. The van der Waals surface area contributed by atoms with Gasteiger partial charge in [-0.1, -0.05) is 33.3 Å². The molecule has 8 atom stereocenters. The molecule has 1 N–H and O–H groups in total. The number of rotatable bonds is 0. The van der Waals surface area contributed by atoms with Crippen LogP contribution in [0.5, 0.6) is 0 Å². The number of hydrogen-bond donors (Lipinski definition) is 1. The van der Waals surface area contributed by atoms with E-state index in [4.69, 9.17) is 0 Å². The van der Waals surface area contributed by atoms with Gasteiger partial charge >= 0.3 is 0 Å². The number of aliphatic hydroxyl groups is 1. The number of hydrogen-bond acceptors (Lipinski definition) is 2. The van der Waals surface area contributed by atoms with Crippen LogP contribution in [0.25, 0.3) is 0 Å². The van der Waals surface area contributed by atoms with E-state index in [1.807, 2.05) is 6.08 Å². The van der Waals surface area contributed by atoms with Gasteiger partial charge in [-0.3, -0.25) is 4.79 Å². The van der Waals surface area contributed by atoms with Crippen molar-refractivity contribution in [2.24, 2.45) is 40.4 Å². The van der Waals surface area contributed by atoms with Crippen molar-refractivity contribution in [3.63, 3.8) is 0 Å². The van der Waals surface area contributed by atoms with Gasteiger partial charge in [0.15, 0.2) is 5.78 Å². The van der Waals surface area contributed by atoms with Gasteiger partial charge < -0.3 is 5.11 Å². The second kappa shape index (κ2) is 4.94. The number of carbonyl (C=O) groups is 1. The quantitative estimate of drug-likeness (QED) is 0.720. The predicted octanol–water partition coefficient (Wildman–Crippen LogP) is 4.37. The molecular formula is C21H32O2. The van der Waals surface area contributed by atoms with Gasteiger partial charge in [0.25, 0.3) is 0 Å². The van der Waals surface area contributed by atoms with Crippen LogP contribution in [0.4, 0.5) is 0 Å². The van der Waals surface area contributed by atoms with Crippen molar-refractivity contribution in [2.75, 3.05) is 0 Å². The summed E-state index contributed by atoms with van der Waals surface area (Å²) in [6.07, 6.45) is 8.63. The van der Waals surface area contributed by atoms with Gasteiger partial charge in [0, 0.05) is 5.92 Å². The van der Waals surface area contributed by atoms with E-state index in [2.05, 4.69) is 27.7 Å². The third-order valence-electron chi connectivity index (χ3n) is 8.57. The minimum absolute atomic E-state index is 0.0998. The molecule has 0 saturated heterocycles. The fourth-order valence-electron chi connectivity index (χ4n) is 7.22. The van der Waals surface area contributed by atoms with Crippen LogP contribution in [-0.4, -0.2) is 17.0 Å². The molecule has 4 rings (SSSR count). The molecule has 2 heteroatoms. The van der Waals surface area contributed by atoms with E-state index >= 15 is 0 Å². The summed E-state index contributed by atoms with van der Waals surface area (Å²) >= 11 is 0. The van der Waals surface area contributed by atoms with Crippen molar-refractivity contribution in [3.05, 3.63) is 11.6 Å². The standard InChI is InChI=1S/C21H32O2/c1-12-9-14-10-17(22)13(2)11-21(14,4)16-7-8-20(3)15(19(12)16)5-6-18(20)23/h10,12-13,15-16,18-19,23H,5-9,11H2,1-4H3/t12?,13?,15-,16-,18-,19-,20-,21-/m0/s1. The first kappa shape index (κ1) is 15.9. The fourth-order valence-corrected chi connectivity index (χ4v) is 7.22. The molecule has 128 valence electrons. The second-order valence-corrected chi connectivity index (χ2v) is 9.70. The van der Waals surface area contributed by atoms with Gasteiger partial charge in [-0.2, -0.15) is 0 Å². The highest BCUT2D eigenvalue weighted by Crippen LogP contribution is 2.66. The summed E-state index contributed by atoms with van der Waals surface area (Å²) in [6.45, 7) is 9.30. The van der Waals surface area contributed by atoms with Gasteiger partial charge in [0.05, 0.1) is 6.10 Å². The summed E-state index contributed by atoms with van der Waals surface area (Å²) < 4.78 is 0. The largest absolute Gasteiger partial charge is 0.393 e. The van der Waals surface area contributed by atoms with E-state index in [1.165, 1.54) is 18.4 Å². The number of fused-ring (bicyclic) bond motifs is 5. The van der Waals surface area contributed by atoms with Crippen LogP contribution >= 0.6 is 0 Å². The average Bonchev–Trinajstić information content (AvgIpc) is 2.78. The Kier molecular flexibility index (Phi) is 3.41. The maximum absolute atomic E-state index is 12.2. The van der Waals surface area contributed by atoms with Crippen molar-refractivity contribution in [1.29, 1.82) is 0 Å². The van der Waals surface area contributed by atoms with Crippen LogP contribution in [-0.2, 0) is 4.79 Å². The van der Waals surface area contributed by atoms with Gasteiger partial charge in [-0.15, -0.1) is 0 Å². The molecule has 3 saturated carbocycles. The molecular weight excluding hydrogens is 284 g/mol. The topological polar surface area (TPSA) is 37.3 Å². The zero-order chi connectivity index (χ0) is 16.6. The molecule has 0 aromatic rings. The van der Waals surface area contributed by atoms with E-state index in [0.29, 0.717) is 23.5 Å². The summed E-state index contributed by atoms with van der Waals surface area (Å²) in [5.41, 5.74) is 1.80. The summed E-state index contributed by atoms with van der Waals surface area (Å²) in [6, 6.07) is 0. The molecule has 23 heavy (non-hydrogen) atoms. The third kappa shape index (κ3) is 2.00. The number of aliphatic hydroxyl groups excluding tert-OH is 1. The Morgan fingerprint density at radius 1 is 1.13 bits per heavy atom. The van der Waals surface area contributed by atoms with Crippen molar-refractivity contribution in [2.45, 2.75) is 72.3 Å². The first-order chi connectivity index (χ1) is 10.8. The Labute approximate surface area is 140 Å². The highest BCUT2D eigenvalue weighted by molar-refractivity contribution is 5.93. The van der Waals surface area contributed by atoms with Crippen molar-refractivity contribution in [1.82, 2.24) is 0 Å². The molecule has 0 amide bonds. The molecule has 3 fully saturated rings. The summed E-state index contributed by atoms with van der Waals surface area (Å²) in [5.74, 6) is 3.29. The lowest BCUT2D eigenvalue weighted by atomic mass is 9.44. The van der Waals surface area contributed by atoms with Crippen LogP contribution in [0.1, 0.15) is 66.2 Å². The Balaban J connectivity index is 1.74. The zero-order valence-electron chi connectivity index (χ0n) is 15.1. The van der Waals surface area contributed by atoms with Crippen molar-refractivity contribution >= 4 is 5.78 Å². The lowest BCUT2D eigenvalue weighted by molar-refractivity contribution is -0.124. The van der Waals surface area contributed by atoms with Crippen LogP contribution in [0.3, 0.4) is 0 Å². The number of ketones is 1. The fraction of sp³-hybridized carbons (Fsp3) is 0.857. The molecule has 0 aliphatic heterocycles. The van der Waals surface area contributed by atoms with Gasteiger partial charge in [-0.05, 0) is 79.1 Å². The van der Waals surface area contributed by atoms with Crippen molar-refractivity contribution < 1.29 is 9.90 Å². The van der Waals surface area contributed by atoms with Crippen LogP contribution < -0.4 is 0 Å². The molecule has 0 radical (unpaired) electrons. The molecule has 2 unspecified atom stereocenters. The second-order valence-electron chi connectivity index (χ2n) is 9.70. The SMILES string of the molecule is CC1C[C@@]2(C)C(=CC1=O)CC(C)[C@H]1[C@@H]3CC[C@H](O)[C@@]3(C)CC[C@@H]12. The molecule has 4 aliphatic carbocycles. The highest BCUT2D eigenvalue weighted by Gasteiger charge is 2.60. The zero-order valence-corrected chi connectivity index (χ0v) is 15.1. The lowest BCUT2D eigenvalue weighted by Gasteiger charge is -2.60. The van der Waals surface area contributed by atoms with Gasteiger partial charge in [0.1, 0.15) is 0 Å². The predicted molar refractivity (Wildman–Crippen MR) is 91.8 cm³/mol. The maximum Gasteiger partial charge on any atom is 0.158 e. The van der Waals surface area contributed by atoms with E-state index in [9.17, 15) is 9.90 Å². The molecule has 0 aromatic heterocycles. The van der Waals surface area contributed by atoms with E-state index < -0.39 is 0 Å². The number of allylic oxidation sites excluding steroid dienone is 1. The van der Waals surface area contributed by atoms with Gasteiger partial charge in [-0.25, -0.2) is 0 Å². The van der Waals surface area contributed by atoms with Crippen LogP contribution in [0.2, 0.25) is 0 Å². The first-order valence-corrected chi connectivity index (χ1v) is 9.70. The monoisotopic (exact) mass is 316 g/mol. The Morgan fingerprint density at radius 3 is 2.61 bits per heavy atom. The van der Waals surface area contributed by atoms with E-state index in [0.717, 1.165) is 31.6 Å². The summed E-state index contributed by atoms with van der Waals surface area (Å²) in [5, 5.41) is 10.6. The molecule has 4 aliphatic rings. The van der Waals surface area contributed by atoms with Crippen LogP contribution in [0, 0.1) is 40.4 Å². The van der Waals surface area contributed by atoms with Crippen molar-refractivity contribution in [3.8, 4) is 0 Å². The summed E-state index contributed by atoms with van der Waals surface area (Å²) in [4.78, 5) is 12.2. The Morgan fingerprint density at radius 2 is 1.87 bits per heavy atom. The highest BCUT2D eigenvalue weighted by atomic mass is 16.3. The van der Waals surface area contributed by atoms with Crippen LogP contribution in [0.15, 0.2) is 11.6 Å². The smallest absolute Gasteiger partial charge is 0.158 e. The minimum atomic E-state index is -0.0998. The maximum atomic E-state index is 12.2. The minimum Gasteiger partial charge on any atom is -0.393 e. The van der Waals surface area contributed by atoms with E-state index in [1.54, 1.807) is 0 Å². The third-order valence-corrected chi connectivity index (χ3v) is 8.57.